The first-order chi connectivity index (χ1) is 8.63. The van der Waals surface area contributed by atoms with Crippen molar-refractivity contribution in [3.8, 4) is 0 Å². The normalized spacial score (nSPS) is 9.61. The number of hydrogen-bond donors (Lipinski definition) is 0. The Morgan fingerprint density at radius 1 is 1.17 bits per heavy atom. The van der Waals surface area contributed by atoms with E-state index < -0.39 is 11.9 Å². The number of ether oxygens (including phenoxy) is 2. The van der Waals surface area contributed by atoms with Crippen molar-refractivity contribution in [2.75, 3.05) is 6.61 Å². The quantitative estimate of drug-likeness (QED) is 0.572. The van der Waals surface area contributed by atoms with Gasteiger partial charge >= 0.3 is 11.9 Å². The van der Waals surface area contributed by atoms with Gasteiger partial charge in [-0.05, 0) is 12.5 Å². The van der Waals surface area contributed by atoms with E-state index in [1.807, 2.05) is 30.3 Å². The Morgan fingerprint density at radius 3 is 2.44 bits per heavy atom. The van der Waals surface area contributed by atoms with Crippen LogP contribution in [-0.2, 0) is 25.7 Å². The molecule has 0 spiro atoms. The average molecular weight is 248 g/mol. The van der Waals surface area contributed by atoms with Gasteiger partial charge in [0, 0.05) is 5.57 Å². The molecule has 0 saturated carbocycles. The molecule has 4 nitrogen and oxygen atoms in total. The molecule has 0 saturated heterocycles. The van der Waals surface area contributed by atoms with E-state index in [4.69, 9.17) is 9.47 Å². The van der Waals surface area contributed by atoms with Gasteiger partial charge in [0.05, 0.1) is 13.0 Å². The number of esters is 2. The summed E-state index contributed by atoms with van der Waals surface area (Å²) in [5, 5.41) is 0. The van der Waals surface area contributed by atoms with Crippen molar-refractivity contribution in [2.24, 2.45) is 0 Å². The lowest BCUT2D eigenvalue weighted by Crippen LogP contribution is -2.12. The molecule has 1 rings (SSSR count). The second-order valence-corrected chi connectivity index (χ2v) is 3.65. The number of hydrogen-bond acceptors (Lipinski definition) is 4. The van der Waals surface area contributed by atoms with Gasteiger partial charge in [-0.1, -0.05) is 36.9 Å². The van der Waals surface area contributed by atoms with Crippen LogP contribution in [0.5, 0.6) is 0 Å². The third-order valence-corrected chi connectivity index (χ3v) is 2.16. The first kappa shape index (κ1) is 14.0. The predicted octanol–water partition coefficient (Wildman–Crippen LogP) is 2.24. The first-order valence-electron chi connectivity index (χ1n) is 5.68. The smallest absolute Gasteiger partial charge is 0.334 e. The number of benzene rings is 1. The molecule has 0 aromatic heterocycles. The second-order valence-electron chi connectivity index (χ2n) is 3.65. The van der Waals surface area contributed by atoms with E-state index in [1.165, 1.54) is 0 Å². The Balaban J connectivity index is 2.37. The van der Waals surface area contributed by atoms with E-state index >= 15 is 0 Å². The van der Waals surface area contributed by atoms with Crippen LogP contribution >= 0.6 is 0 Å². The molecular formula is C14H16O4. The van der Waals surface area contributed by atoms with Crippen LogP contribution in [0.2, 0.25) is 0 Å². The molecule has 18 heavy (non-hydrogen) atoms. The second kappa shape index (κ2) is 7.27. The van der Waals surface area contributed by atoms with E-state index in [2.05, 4.69) is 6.58 Å². The zero-order valence-corrected chi connectivity index (χ0v) is 10.3. The van der Waals surface area contributed by atoms with Gasteiger partial charge in [0.15, 0.2) is 0 Å². The first-order valence-corrected chi connectivity index (χ1v) is 5.68. The van der Waals surface area contributed by atoms with Crippen LogP contribution in [0.1, 0.15) is 18.9 Å². The van der Waals surface area contributed by atoms with Gasteiger partial charge in [0.1, 0.15) is 6.61 Å². The highest BCUT2D eigenvalue weighted by molar-refractivity contribution is 5.93. The lowest BCUT2D eigenvalue weighted by atomic mass is 10.2. The zero-order chi connectivity index (χ0) is 13.4. The van der Waals surface area contributed by atoms with Crippen molar-refractivity contribution in [1.29, 1.82) is 0 Å². The van der Waals surface area contributed by atoms with Crippen LogP contribution in [0, 0.1) is 0 Å². The standard InChI is InChI=1S/C14H16O4/c1-3-17-13(15)9-11(2)14(16)18-10-12-7-5-4-6-8-12/h4-8H,2-3,9-10H2,1H3. The summed E-state index contributed by atoms with van der Waals surface area (Å²) in [6.45, 7) is 5.67. The summed E-state index contributed by atoms with van der Waals surface area (Å²) < 4.78 is 9.74. The van der Waals surface area contributed by atoms with Crippen LogP contribution in [0.15, 0.2) is 42.5 Å². The molecule has 0 unspecified atom stereocenters. The number of rotatable bonds is 6. The minimum absolute atomic E-state index is 0.101. The zero-order valence-electron chi connectivity index (χ0n) is 10.3. The summed E-state index contributed by atoms with van der Waals surface area (Å²) in [6.07, 6.45) is -0.137. The lowest BCUT2D eigenvalue weighted by molar-refractivity contribution is -0.146. The molecule has 0 aliphatic carbocycles. The maximum absolute atomic E-state index is 11.5. The molecule has 96 valence electrons. The third-order valence-electron chi connectivity index (χ3n) is 2.16. The van der Waals surface area contributed by atoms with Crippen molar-refractivity contribution in [3.63, 3.8) is 0 Å². The van der Waals surface area contributed by atoms with Crippen LogP contribution in [-0.4, -0.2) is 18.5 Å². The van der Waals surface area contributed by atoms with Crippen molar-refractivity contribution in [1.82, 2.24) is 0 Å². The molecule has 0 aliphatic rings. The SMILES string of the molecule is C=C(CC(=O)OCC)C(=O)OCc1ccccc1. The summed E-state index contributed by atoms with van der Waals surface area (Å²) in [4.78, 5) is 22.7. The van der Waals surface area contributed by atoms with Crippen molar-refractivity contribution < 1.29 is 19.1 Å². The summed E-state index contributed by atoms with van der Waals surface area (Å²) >= 11 is 0. The van der Waals surface area contributed by atoms with Crippen LogP contribution in [0.3, 0.4) is 0 Å². The van der Waals surface area contributed by atoms with Gasteiger partial charge in [-0.3, -0.25) is 4.79 Å². The fraction of sp³-hybridized carbons (Fsp3) is 0.286. The highest BCUT2D eigenvalue weighted by Crippen LogP contribution is 2.06. The van der Waals surface area contributed by atoms with Crippen molar-refractivity contribution >= 4 is 11.9 Å². The Morgan fingerprint density at radius 2 is 1.83 bits per heavy atom. The predicted molar refractivity (Wildman–Crippen MR) is 66.6 cm³/mol. The Bertz CT molecular complexity index is 423. The van der Waals surface area contributed by atoms with Crippen molar-refractivity contribution in [3.05, 3.63) is 48.0 Å². The average Bonchev–Trinajstić information content (AvgIpc) is 2.37. The van der Waals surface area contributed by atoms with Crippen molar-refractivity contribution in [2.45, 2.75) is 20.0 Å². The molecule has 0 fully saturated rings. The highest BCUT2D eigenvalue weighted by Gasteiger charge is 2.13. The molecule has 0 atom stereocenters. The summed E-state index contributed by atoms with van der Waals surface area (Å²) in [7, 11) is 0. The Kier molecular flexibility index (Phi) is 5.64. The van der Waals surface area contributed by atoms with Crippen LogP contribution in [0.4, 0.5) is 0 Å². The van der Waals surface area contributed by atoms with E-state index in [1.54, 1.807) is 6.92 Å². The maximum atomic E-state index is 11.5. The molecule has 0 aliphatic heterocycles. The molecule has 0 amide bonds. The molecule has 0 bridgehead atoms. The van der Waals surface area contributed by atoms with Gasteiger partial charge in [-0.2, -0.15) is 0 Å². The minimum atomic E-state index is -0.577. The van der Waals surface area contributed by atoms with Gasteiger partial charge in [-0.25, -0.2) is 4.79 Å². The lowest BCUT2D eigenvalue weighted by Gasteiger charge is -2.06. The van der Waals surface area contributed by atoms with Gasteiger partial charge in [-0.15, -0.1) is 0 Å². The minimum Gasteiger partial charge on any atom is -0.466 e. The van der Waals surface area contributed by atoms with Crippen LogP contribution < -0.4 is 0 Å². The topological polar surface area (TPSA) is 52.6 Å². The maximum Gasteiger partial charge on any atom is 0.334 e. The fourth-order valence-electron chi connectivity index (χ4n) is 1.28. The fourth-order valence-corrected chi connectivity index (χ4v) is 1.28. The van der Waals surface area contributed by atoms with E-state index in [9.17, 15) is 9.59 Å². The summed E-state index contributed by atoms with van der Waals surface area (Å²) in [5.74, 6) is -1.05. The number of carbonyl (C=O) groups excluding carboxylic acids is 2. The summed E-state index contributed by atoms with van der Waals surface area (Å²) in [6, 6.07) is 9.29. The van der Waals surface area contributed by atoms with Crippen LogP contribution in [0.25, 0.3) is 0 Å². The molecule has 0 radical (unpaired) electrons. The Labute approximate surface area is 106 Å². The molecular weight excluding hydrogens is 232 g/mol. The monoisotopic (exact) mass is 248 g/mol. The number of carbonyl (C=O) groups is 2. The van der Waals surface area contributed by atoms with E-state index in [0.717, 1.165) is 5.56 Å². The van der Waals surface area contributed by atoms with Gasteiger partial charge in [0.2, 0.25) is 0 Å². The van der Waals surface area contributed by atoms with Gasteiger partial charge in [0.25, 0.3) is 0 Å². The molecule has 1 aromatic rings. The molecule has 0 N–H and O–H groups in total. The molecule has 0 heterocycles. The summed E-state index contributed by atoms with van der Waals surface area (Å²) in [5.41, 5.74) is 0.985. The van der Waals surface area contributed by atoms with E-state index in [0.29, 0.717) is 0 Å². The van der Waals surface area contributed by atoms with Gasteiger partial charge < -0.3 is 9.47 Å². The third kappa shape index (κ3) is 4.82. The molecule has 1 aromatic carbocycles. The molecule has 4 heteroatoms. The highest BCUT2D eigenvalue weighted by atomic mass is 16.5. The largest absolute Gasteiger partial charge is 0.466 e. The van der Waals surface area contributed by atoms with E-state index in [-0.39, 0.29) is 25.2 Å². The Hall–Kier alpha value is -2.10.